The highest BCUT2D eigenvalue weighted by Crippen LogP contribution is 2.54. The van der Waals surface area contributed by atoms with Crippen LogP contribution in [0, 0.1) is 0 Å². The van der Waals surface area contributed by atoms with E-state index in [1.54, 1.807) is 62.3 Å². The Bertz CT molecular complexity index is 5400. The Labute approximate surface area is 500 Å². The summed E-state index contributed by atoms with van der Waals surface area (Å²) in [4.78, 5) is 3.60. The molecule has 4 heterocycles. The largest absolute Gasteiger partial charge is 0.468 e. The van der Waals surface area contributed by atoms with E-state index in [4.69, 9.17) is 8.53 Å². The molecule has 2 aliphatic heterocycles. The summed E-state index contributed by atoms with van der Waals surface area (Å²) < 4.78 is 281. The molecule has 8 aromatic carbocycles. The summed E-state index contributed by atoms with van der Waals surface area (Å²) in [6.07, 6.45) is 3.73. The van der Waals surface area contributed by atoms with Gasteiger partial charge in [-0.2, -0.15) is 0 Å². The van der Waals surface area contributed by atoms with Gasteiger partial charge in [-0.1, -0.05) is 191 Å². The molecule has 1 aliphatic carbocycles. The molecule has 384 valence electrons. The van der Waals surface area contributed by atoms with Gasteiger partial charge in [0.15, 0.2) is 0 Å². The fourth-order valence-electron chi connectivity index (χ4n) is 10.9. The summed E-state index contributed by atoms with van der Waals surface area (Å²) in [6, 6.07) is -19.7. The van der Waals surface area contributed by atoms with Gasteiger partial charge >= 0.3 is 0 Å². The normalized spacial score (nSPS) is 20.3. The van der Waals surface area contributed by atoms with Crippen LogP contribution in [-0.4, -0.2) is 6.71 Å². The number of thiophene rings is 1. The van der Waals surface area contributed by atoms with Crippen LogP contribution in [0.1, 0.15) is 161 Å². The second kappa shape index (κ2) is 18.2. The number of anilines is 9. The molecular weight excluding hydrogens is 954 g/mol. The van der Waals surface area contributed by atoms with Gasteiger partial charge in [-0.05, 0) is 141 Å². The first-order chi connectivity index (χ1) is 48.6. The number of nitrogens with zero attached hydrogens (tertiary/aromatic N) is 3. The fourth-order valence-corrected chi connectivity index (χ4v) is 12.0. The Kier molecular flexibility index (Phi) is 6.45. The van der Waals surface area contributed by atoms with E-state index in [1.165, 1.54) is 12.1 Å². The number of furan rings is 1. The van der Waals surface area contributed by atoms with E-state index >= 15 is 0 Å². The van der Waals surface area contributed by atoms with E-state index < -0.39 is 242 Å². The van der Waals surface area contributed by atoms with Crippen molar-refractivity contribution in [2.75, 3.05) is 14.7 Å². The zero-order valence-corrected chi connectivity index (χ0v) is 45.2. The van der Waals surface area contributed by atoms with Gasteiger partial charge in [0.1, 0.15) is 5.58 Å². The SMILES string of the molecule is [2H]c1c([2H])c([2H])c(-c2c([2H])c(C(C)(C)C)c([2H])c([2H])c2N2c3cc(N(c4c([2H])c([2H])c([2H])c([2H])c4[2H])c4c([2H])c([2H])c([2H])c([2H])c4[2H])cc4c3B(c3oc5c(C(C)(C)C)c([2H])c([2H])c([2H])c5c32)c2c(c([2H])c3sc(C5(C)CCCCC5)c([2H])c3c2[2H])N4c2c([2H])c([2H])c(C(C)(C)C)c([2H])c2[2H])c([2H])c1[2H]. The average molecular weight is 1050 g/mol. The molecule has 77 heavy (non-hydrogen) atoms. The van der Waals surface area contributed by atoms with E-state index in [0.29, 0.717) is 17.7 Å². The number of fused-ring (bicyclic) bond motifs is 7. The first kappa shape index (κ1) is 27.4. The minimum atomic E-state index is -1.77. The van der Waals surface area contributed by atoms with Crippen LogP contribution in [0.2, 0.25) is 0 Å². The molecule has 0 radical (unpaired) electrons. The van der Waals surface area contributed by atoms with Crippen LogP contribution in [0.5, 0.6) is 0 Å². The summed E-state index contributed by atoms with van der Waals surface area (Å²) in [5.74, 6) is 0. The van der Waals surface area contributed by atoms with Gasteiger partial charge < -0.3 is 19.1 Å². The molecule has 0 saturated heterocycles. The van der Waals surface area contributed by atoms with Gasteiger partial charge in [0.2, 0.25) is 0 Å². The summed E-state index contributed by atoms with van der Waals surface area (Å²) >= 11 is 1.09. The Morgan fingerprint density at radius 3 is 1.81 bits per heavy atom. The molecule has 1 fully saturated rings. The van der Waals surface area contributed by atoms with Crippen LogP contribution >= 0.6 is 11.3 Å². The Balaban J connectivity index is 1.40. The third-order valence-electron chi connectivity index (χ3n) is 14.9. The topological polar surface area (TPSA) is 22.9 Å². The fraction of sp³-hybridized carbons (Fsp3) is 0.268. The van der Waals surface area contributed by atoms with E-state index in [2.05, 4.69) is 0 Å². The predicted octanol–water partition coefficient (Wildman–Crippen LogP) is 19.0. The van der Waals surface area contributed by atoms with Crippen molar-refractivity contribution < 1.29 is 42.8 Å². The second-order valence-corrected chi connectivity index (χ2v) is 24.4. The van der Waals surface area contributed by atoms with E-state index in [-0.39, 0.29) is 71.7 Å². The van der Waals surface area contributed by atoms with Gasteiger partial charge in [0.25, 0.3) is 6.71 Å². The van der Waals surface area contributed by atoms with Crippen LogP contribution in [0.15, 0.2) is 186 Å². The van der Waals surface area contributed by atoms with Crippen LogP contribution < -0.4 is 31.3 Å². The number of hydrogen-bond acceptors (Lipinski definition) is 5. The van der Waals surface area contributed by atoms with E-state index in [1.807, 2.05) is 6.92 Å². The summed E-state index contributed by atoms with van der Waals surface area (Å²) in [5, 5.41) is -0.371. The van der Waals surface area contributed by atoms with E-state index in [9.17, 15) is 34.3 Å². The van der Waals surface area contributed by atoms with Crippen molar-refractivity contribution >= 4 is 107 Å². The van der Waals surface area contributed by atoms with Crippen molar-refractivity contribution in [1.29, 1.82) is 0 Å². The molecule has 0 atom stereocenters. The zero-order chi connectivity index (χ0) is 77.5. The summed E-state index contributed by atoms with van der Waals surface area (Å²) in [5.41, 5.74) is -12.0. The molecule has 0 bridgehead atoms. The lowest BCUT2D eigenvalue weighted by atomic mass is 9.35. The molecule has 1 saturated carbocycles. The summed E-state index contributed by atoms with van der Waals surface area (Å²) in [7, 11) is 0. The predicted molar refractivity (Wildman–Crippen MR) is 332 cm³/mol. The number of para-hydroxylation sites is 3. The van der Waals surface area contributed by atoms with Crippen LogP contribution in [0.4, 0.5) is 51.2 Å². The van der Waals surface area contributed by atoms with Gasteiger partial charge in [0.05, 0.1) is 61.1 Å². The highest BCUT2D eigenvalue weighted by molar-refractivity contribution is 7.19. The molecule has 4 nitrogen and oxygen atoms in total. The van der Waals surface area contributed by atoms with E-state index in [0.717, 1.165) is 45.3 Å². The molecule has 13 rings (SSSR count). The zero-order valence-electron chi connectivity index (χ0n) is 72.4. The molecule has 6 heteroatoms. The quantitative estimate of drug-likeness (QED) is 0.148. The first-order valence-corrected chi connectivity index (χ1v) is 26.6. The molecular formula is C71H70BN3OS. The standard InChI is InChI=1S/C71H70BN3OS/c1-68(2,3)48-32-35-52(36-33-48)74-59-45-62-47(41-63(77-62)71(10)38-21-14-22-39-71)40-57(59)72-64-60(74)43-53(73(50-26-17-12-18-27-50)51-28-19-13-20-29-51)44-61(64)75(65-54-30-23-31-56(70(7,8)9)66(54)76-67(65)72)58-37-34-49(69(4,5)6)42-55(58)46-24-15-11-16-25-46/h11-13,15-20,23-37,40-45H,14,21-22,38-39H2,1-10H3/i11D,12D,13D,15D,16D,17D,18D,19D,20D,23D,24D,25D,26D,27D,28D,29D,30D,31D,32D,33D,34D,35D,36D,37D,40D,41D,42D,45D. The minimum absolute atomic E-state index is 0.00775. The Morgan fingerprint density at radius 2 is 1.18 bits per heavy atom. The molecule has 0 unspecified atom stereocenters. The lowest BCUT2D eigenvalue weighted by Crippen LogP contribution is -2.61. The number of benzene rings is 8. The molecule has 10 aromatic rings. The maximum absolute atomic E-state index is 11.0. The third kappa shape index (κ3) is 8.32. The lowest BCUT2D eigenvalue weighted by molar-refractivity contribution is 0.325. The monoisotopic (exact) mass is 1050 g/mol. The van der Waals surface area contributed by atoms with Crippen molar-refractivity contribution in [3.05, 3.63) is 203 Å². The molecule has 0 spiro atoms. The second-order valence-electron chi connectivity index (χ2n) is 23.4. The van der Waals surface area contributed by atoms with Crippen LogP contribution in [-0.2, 0) is 21.7 Å². The molecule has 0 N–H and O–H groups in total. The Morgan fingerprint density at radius 1 is 0.571 bits per heavy atom. The van der Waals surface area contributed by atoms with Crippen molar-refractivity contribution in [1.82, 2.24) is 0 Å². The van der Waals surface area contributed by atoms with Gasteiger partial charge in [-0.3, -0.25) is 0 Å². The van der Waals surface area contributed by atoms with Crippen LogP contribution in [0.25, 0.3) is 32.2 Å². The minimum Gasteiger partial charge on any atom is -0.468 e. The average Bonchev–Trinajstić information content (AvgIpc) is 1.64. The molecule has 3 aliphatic rings. The van der Waals surface area contributed by atoms with Crippen molar-refractivity contribution in [3.8, 4) is 11.1 Å². The van der Waals surface area contributed by atoms with Crippen molar-refractivity contribution in [2.24, 2.45) is 0 Å². The maximum atomic E-state index is 11.0. The highest BCUT2D eigenvalue weighted by Gasteiger charge is 2.48. The highest BCUT2D eigenvalue weighted by atomic mass is 32.1. The van der Waals surface area contributed by atoms with Crippen molar-refractivity contribution in [2.45, 2.75) is 123 Å². The van der Waals surface area contributed by atoms with Crippen molar-refractivity contribution in [3.63, 3.8) is 0 Å². The first-order valence-electron chi connectivity index (χ1n) is 39.8. The Hall–Kier alpha value is -7.28. The smallest absolute Gasteiger partial charge is 0.297 e. The maximum Gasteiger partial charge on any atom is 0.297 e. The third-order valence-corrected chi connectivity index (χ3v) is 16.2. The summed E-state index contributed by atoms with van der Waals surface area (Å²) in [6.45, 7) is 15.2. The number of rotatable bonds is 7. The number of hydrogen-bond donors (Lipinski definition) is 0. The van der Waals surface area contributed by atoms with Gasteiger partial charge in [0, 0.05) is 65.6 Å². The molecule has 2 aromatic heterocycles. The lowest BCUT2D eigenvalue weighted by Gasteiger charge is -2.44. The van der Waals surface area contributed by atoms with Gasteiger partial charge in [-0.25, -0.2) is 0 Å². The van der Waals surface area contributed by atoms with Gasteiger partial charge in [-0.15, -0.1) is 11.3 Å². The molecule has 0 amide bonds. The van der Waals surface area contributed by atoms with Crippen LogP contribution in [0.3, 0.4) is 0 Å².